The van der Waals surface area contributed by atoms with Crippen molar-refractivity contribution in [1.82, 2.24) is 25.2 Å². The van der Waals surface area contributed by atoms with Gasteiger partial charge in [0.05, 0.1) is 5.56 Å². The molecule has 150 valence electrons. The van der Waals surface area contributed by atoms with Crippen molar-refractivity contribution in [2.45, 2.75) is 6.92 Å². The van der Waals surface area contributed by atoms with Crippen molar-refractivity contribution in [3.63, 3.8) is 0 Å². The first-order valence-corrected chi connectivity index (χ1v) is 8.80. The molecule has 2 heterocycles. The number of hydrogen-bond donors (Lipinski definition) is 2. The minimum Gasteiger partial charge on any atom is -0.383 e. The molecule has 0 spiro atoms. The topological polar surface area (TPSA) is 112 Å². The van der Waals surface area contributed by atoms with Crippen molar-refractivity contribution in [3.05, 3.63) is 66.4 Å². The van der Waals surface area contributed by atoms with Gasteiger partial charge in [-0.3, -0.25) is 4.79 Å². The molecule has 0 bridgehead atoms. The number of anilines is 2. The summed E-state index contributed by atoms with van der Waals surface area (Å²) in [6.45, 7) is 1.42. The van der Waals surface area contributed by atoms with Crippen LogP contribution in [0.2, 0.25) is 0 Å². The number of benzene rings is 2. The van der Waals surface area contributed by atoms with Gasteiger partial charge < -0.3 is 11.1 Å². The second-order valence-electron chi connectivity index (χ2n) is 6.40. The number of carbonyl (C=O) groups excluding carboxylic acids is 1. The number of nitrogen functional groups attached to an aromatic ring is 1. The van der Waals surface area contributed by atoms with Crippen LogP contribution in [0.25, 0.3) is 28.2 Å². The maximum Gasteiger partial charge on any atom is 0.221 e. The van der Waals surface area contributed by atoms with E-state index in [4.69, 9.17) is 5.73 Å². The number of rotatable bonds is 4. The molecule has 0 fully saturated rings. The van der Waals surface area contributed by atoms with Crippen molar-refractivity contribution in [3.8, 4) is 28.2 Å². The summed E-state index contributed by atoms with van der Waals surface area (Å²) in [4.78, 5) is 15.3. The van der Waals surface area contributed by atoms with Crippen LogP contribution in [0, 0.1) is 11.6 Å². The molecule has 4 aromatic rings. The van der Waals surface area contributed by atoms with Gasteiger partial charge in [-0.2, -0.15) is 4.68 Å². The van der Waals surface area contributed by atoms with Gasteiger partial charge in [0.2, 0.25) is 5.91 Å². The molecule has 0 aliphatic heterocycles. The Labute approximate surface area is 169 Å². The van der Waals surface area contributed by atoms with Crippen LogP contribution in [-0.4, -0.2) is 31.1 Å². The Bertz CT molecular complexity index is 1220. The van der Waals surface area contributed by atoms with Crippen LogP contribution in [0.4, 0.5) is 20.3 Å². The molecule has 0 saturated carbocycles. The summed E-state index contributed by atoms with van der Waals surface area (Å²) >= 11 is 0. The van der Waals surface area contributed by atoms with Gasteiger partial charge in [-0.1, -0.05) is 18.2 Å². The average molecular weight is 407 g/mol. The molecule has 0 aliphatic rings. The lowest BCUT2D eigenvalue weighted by Gasteiger charge is -2.10. The fraction of sp³-hybridized carbons (Fsp3) is 0.0500. The molecule has 0 radical (unpaired) electrons. The molecule has 1 amide bonds. The van der Waals surface area contributed by atoms with Crippen LogP contribution in [0.5, 0.6) is 0 Å². The van der Waals surface area contributed by atoms with Gasteiger partial charge >= 0.3 is 0 Å². The third kappa shape index (κ3) is 3.58. The number of amides is 1. The number of tetrazole rings is 1. The number of nitrogens with two attached hydrogens (primary N) is 1. The zero-order chi connectivity index (χ0) is 21.3. The molecule has 2 aromatic heterocycles. The fourth-order valence-electron chi connectivity index (χ4n) is 2.96. The van der Waals surface area contributed by atoms with Crippen molar-refractivity contribution in [1.29, 1.82) is 0 Å². The lowest BCUT2D eigenvalue weighted by molar-refractivity contribution is -0.114. The van der Waals surface area contributed by atoms with Crippen LogP contribution in [0.15, 0.2) is 54.7 Å². The van der Waals surface area contributed by atoms with Crippen molar-refractivity contribution < 1.29 is 13.6 Å². The number of para-hydroxylation sites is 1. The first-order valence-electron chi connectivity index (χ1n) is 8.80. The van der Waals surface area contributed by atoms with E-state index in [-0.39, 0.29) is 17.5 Å². The molecule has 2 aromatic carbocycles. The number of aromatic nitrogens is 5. The van der Waals surface area contributed by atoms with E-state index in [0.29, 0.717) is 16.8 Å². The summed E-state index contributed by atoms with van der Waals surface area (Å²) in [5.41, 5.74) is 8.01. The van der Waals surface area contributed by atoms with Crippen molar-refractivity contribution >= 4 is 17.4 Å². The molecule has 30 heavy (non-hydrogen) atoms. The van der Waals surface area contributed by atoms with Crippen molar-refractivity contribution in [2.75, 3.05) is 11.1 Å². The Kier molecular flexibility index (Phi) is 4.88. The van der Waals surface area contributed by atoms with E-state index in [2.05, 4.69) is 25.8 Å². The standard InChI is InChI=1S/C20H15F2N7O/c1-11(30)25-14-7-5-12(6-8-14)13-9-15(19(23)24-10-13)20-26-27-28-29(20)18-16(21)3-2-4-17(18)22/h2-10H,1H3,(H2,23,24)(H,25,30). The Morgan fingerprint density at radius 1 is 1.07 bits per heavy atom. The molecule has 0 saturated heterocycles. The lowest BCUT2D eigenvalue weighted by atomic mass is 10.0. The number of nitrogens with one attached hydrogen (secondary N) is 1. The van der Waals surface area contributed by atoms with E-state index in [1.807, 2.05) is 0 Å². The summed E-state index contributed by atoms with van der Waals surface area (Å²) in [5, 5.41) is 13.8. The minimum atomic E-state index is -0.820. The molecule has 3 N–H and O–H groups in total. The van der Waals surface area contributed by atoms with E-state index in [9.17, 15) is 13.6 Å². The van der Waals surface area contributed by atoms with Crippen LogP contribution >= 0.6 is 0 Å². The summed E-state index contributed by atoms with van der Waals surface area (Å²) in [6.07, 6.45) is 1.56. The van der Waals surface area contributed by atoms with Crippen molar-refractivity contribution in [2.24, 2.45) is 0 Å². The summed E-state index contributed by atoms with van der Waals surface area (Å²) < 4.78 is 29.4. The normalized spacial score (nSPS) is 10.8. The first-order chi connectivity index (χ1) is 14.4. The molecule has 0 atom stereocenters. The zero-order valence-electron chi connectivity index (χ0n) is 15.7. The van der Waals surface area contributed by atoms with E-state index in [0.717, 1.165) is 22.4 Å². The zero-order valence-corrected chi connectivity index (χ0v) is 15.7. The average Bonchev–Trinajstić information content (AvgIpc) is 3.17. The van der Waals surface area contributed by atoms with Crippen LogP contribution in [-0.2, 0) is 4.79 Å². The minimum absolute atomic E-state index is 0.0423. The fourth-order valence-corrected chi connectivity index (χ4v) is 2.96. The van der Waals surface area contributed by atoms with Crippen LogP contribution < -0.4 is 11.1 Å². The Morgan fingerprint density at radius 3 is 2.43 bits per heavy atom. The second kappa shape index (κ2) is 7.66. The van der Waals surface area contributed by atoms with Crippen LogP contribution in [0.1, 0.15) is 6.92 Å². The van der Waals surface area contributed by atoms with Gasteiger partial charge in [-0.15, -0.1) is 5.10 Å². The highest BCUT2D eigenvalue weighted by molar-refractivity contribution is 5.89. The maximum absolute atomic E-state index is 14.2. The monoisotopic (exact) mass is 407 g/mol. The predicted octanol–water partition coefficient (Wildman–Crippen LogP) is 3.21. The molecule has 8 nitrogen and oxygen atoms in total. The molecule has 0 unspecified atom stereocenters. The van der Waals surface area contributed by atoms with E-state index in [1.165, 1.54) is 13.0 Å². The highest BCUT2D eigenvalue weighted by Crippen LogP contribution is 2.30. The summed E-state index contributed by atoms with van der Waals surface area (Å²) in [5.74, 6) is -1.67. The third-order valence-electron chi connectivity index (χ3n) is 4.32. The van der Waals surface area contributed by atoms with Gasteiger partial charge in [0.1, 0.15) is 11.5 Å². The maximum atomic E-state index is 14.2. The molecule has 4 rings (SSSR count). The third-order valence-corrected chi connectivity index (χ3v) is 4.32. The van der Waals surface area contributed by atoms with E-state index in [1.54, 1.807) is 36.5 Å². The molecule has 10 heteroatoms. The van der Waals surface area contributed by atoms with Gasteiger partial charge in [-0.05, 0) is 46.3 Å². The quantitative estimate of drug-likeness (QED) is 0.537. The molecular weight excluding hydrogens is 392 g/mol. The van der Waals surface area contributed by atoms with E-state index < -0.39 is 17.3 Å². The summed E-state index contributed by atoms with van der Waals surface area (Å²) in [6, 6.07) is 12.2. The Morgan fingerprint density at radius 2 is 1.77 bits per heavy atom. The highest BCUT2D eigenvalue weighted by Gasteiger charge is 2.20. The number of halogens is 2. The van der Waals surface area contributed by atoms with Gasteiger partial charge in [-0.25, -0.2) is 13.8 Å². The van der Waals surface area contributed by atoms with Gasteiger partial charge in [0, 0.05) is 24.4 Å². The van der Waals surface area contributed by atoms with Gasteiger partial charge in [0.15, 0.2) is 17.5 Å². The predicted molar refractivity (Wildman–Crippen MR) is 106 cm³/mol. The van der Waals surface area contributed by atoms with Crippen LogP contribution in [0.3, 0.4) is 0 Å². The lowest BCUT2D eigenvalue weighted by Crippen LogP contribution is -2.07. The van der Waals surface area contributed by atoms with E-state index >= 15 is 0 Å². The number of hydrogen-bond acceptors (Lipinski definition) is 6. The Balaban J connectivity index is 1.78. The van der Waals surface area contributed by atoms with Gasteiger partial charge in [0.25, 0.3) is 0 Å². The highest BCUT2D eigenvalue weighted by atomic mass is 19.1. The summed E-state index contributed by atoms with van der Waals surface area (Å²) in [7, 11) is 0. The number of pyridine rings is 1. The first kappa shape index (κ1) is 19.1. The number of nitrogens with zero attached hydrogens (tertiary/aromatic N) is 5. The largest absolute Gasteiger partial charge is 0.383 e. The second-order valence-corrected chi connectivity index (χ2v) is 6.40. The smallest absolute Gasteiger partial charge is 0.221 e. The molecule has 0 aliphatic carbocycles. The Hall–Kier alpha value is -4.21. The number of carbonyl (C=O) groups is 1. The molecular formula is C20H15F2N7O. The SMILES string of the molecule is CC(=O)Nc1ccc(-c2cnc(N)c(-c3nnnn3-c3c(F)cccc3F)c2)cc1.